The lowest BCUT2D eigenvalue weighted by Gasteiger charge is -2.30. The molecule has 0 spiro atoms. The molecule has 30 heavy (non-hydrogen) atoms. The van der Waals surface area contributed by atoms with Crippen LogP contribution in [0.25, 0.3) is 0 Å². The molecule has 0 aromatic heterocycles. The Morgan fingerprint density at radius 3 is 2.40 bits per heavy atom. The number of carbonyl (C=O) groups excluding carboxylic acids is 1. The van der Waals surface area contributed by atoms with E-state index < -0.39 is 6.29 Å². The molecule has 1 fully saturated rings. The van der Waals surface area contributed by atoms with Gasteiger partial charge in [0.05, 0.1) is 13.2 Å². The summed E-state index contributed by atoms with van der Waals surface area (Å²) in [6.07, 6.45) is 3.80. The largest absolute Gasteiger partial charge is 0.459 e. The Morgan fingerprint density at radius 1 is 1.07 bits per heavy atom. The summed E-state index contributed by atoms with van der Waals surface area (Å²) in [5, 5.41) is 9.17. The smallest absolute Gasteiger partial charge is 0.288 e. The first-order valence-corrected chi connectivity index (χ1v) is 10.4. The van der Waals surface area contributed by atoms with Gasteiger partial charge in [0.2, 0.25) is 6.29 Å². The van der Waals surface area contributed by atoms with Crippen molar-refractivity contribution in [2.45, 2.75) is 44.7 Å². The molecule has 5 nitrogen and oxygen atoms in total. The zero-order chi connectivity index (χ0) is 20.9. The van der Waals surface area contributed by atoms with Gasteiger partial charge in [-0.1, -0.05) is 36.4 Å². The molecule has 6 heteroatoms. The van der Waals surface area contributed by atoms with E-state index in [1.165, 1.54) is 12.1 Å². The summed E-state index contributed by atoms with van der Waals surface area (Å²) in [6, 6.07) is 13.8. The highest BCUT2D eigenvalue weighted by Crippen LogP contribution is 2.33. The molecular formula is C24H26FNO4. The van der Waals surface area contributed by atoms with Crippen LogP contribution in [0.15, 0.2) is 60.4 Å². The summed E-state index contributed by atoms with van der Waals surface area (Å²) < 4.78 is 25.3. The van der Waals surface area contributed by atoms with E-state index in [1.807, 2.05) is 35.2 Å². The average molecular weight is 411 g/mol. The second-order valence-electron chi connectivity index (χ2n) is 7.76. The van der Waals surface area contributed by atoms with E-state index in [0.717, 1.165) is 42.6 Å². The zero-order valence-corrected chi connectivity index (χ0v) is 16.8. The van der Waals surface area contributed by atoms with Gasteiger partial charge in [-0.25, -0.2) is 4.39 Å². The van der Waals surface area contributed by atoms with E-state index in [0.29, 0.717) is 18.8 Å². The molecule has 0 unspecified atom stereocenters. The number of benzene rings is 2. The van der Waals surface area contributed by atoms with Gasteiger partial charge >= 0.3 is 0 Å². The molecule has 2 aromatic carbocycles. The third-order valence-electron chi connectivity index (χ3n) is 5.60. The average Bonchev–Trinajstić information content (AvgIpc) is 3.33. The molecule has 1 N–H and O–H groups in total. The fourth-order valence-electron chi connectivity index (χ4n) is 3.86. The third kappa shape index (κ3) is 4.89. The van der Waals surface area contributed by atoms with Gasteiger partial charge in [-0.3, -0.25) is 4.79 Å². The number of nitrogens with zero attached hydrogens (tertiary/aromatic N) is 1. The lowest BCUT2D eigenvalue weighted by Crippen LogP contribution is -2.34. The fraction of sp³-hybridized carbons (Fsp3) is 0.375. The standard InChI is InChI=1S/C24H26FNO4/c25-21-9-7-19(8-10-21)20-13-22(24(28)26-11-1-2-12-26)30-23(14-20)29-16-18-5-3-17(15-27)4-6-18/h3-10,13,20,23,27H,1-2,11-12,14-16H2/t20-,23+/m0/s1. The Kier molecular flexibility index (Phi) is 6.45. The third-order valence-corrected chi connectivity index (χ3v) is 5.60. The van der Waals surface area contributed by atoms with Crippen molar-refractivity contribution in [1.82, 2.24) is 4.90 Å². The van der Waals surface area contributed by atoms with Crippen molar-refractivity contribution in [3.8, 4) is 0 Å². The Bertz CT molecular complexity index is 888. The molecule has 1 amide bonds. The van der Waals surface area contributed by atoms with Gasteiger partial charge in [0, 0.05) is 25.4 Å². The molecule has 0 radical (unpaired) electrons. The van der Waals surface area contributed by atoms with Crippen LogP contribution in [-0.4, -0.2) is 35.3 Å². The van der Waals surface area contributed by atoms with Gasteiger partial charge in [-0.05, 0) is 47.7 Å². The predicted molar refractivity (Wildman–Crippen MR) is 110 cm³/mol. The van der Waals surface area contributed by atoms with Gasteiger partial charge in [0.1, 0.15) is 5.82 Å². The number of amides is 1. The fourth-order valence-corrected chi connectivity index (χ4v) is 3.86. The van der Waals surface area contributed by atoms with Crippen LogP contribution in [-0.2, 0) is 27.5 Å². The molecule has 2 aliphatic heterocycles. The molecule has 4 rings (SSSR count). The predicted octanol–water partition coefficient (Wildman–Crippen LogP) is 3.87. The maximum atomic E-state index is 13.4. The highest BCUT2D eigenvalue weighted by Gasteiger charge is 2.31. The normalized spacial score (nSPS) is 21.3. The van der Waals surface area contributed by atoms with Crippen LogP contribution in [0, 0.1) is 5.82 Å². The maximum Gasteiger partial charge on any atom is 0.288 e. The number of carbonyl (C=O) groups is 1. The Hall–Kier alpha value is -2.70. The van der Waals surface area contributed by atoms with Crippen molar-refractivity contribution in [2.75, 3.05) is 13.1 Å². The number of aliphatic hydroxyl groups excluding tert-OH is 1. The van der Waals surface area contributed by atoms with Crippen molar-refractivity contribution < 1.29 is 23.8 Å². The van der Waals surface area contributed by atoms with Crippen molar-refractivity contribution in [3.05, 3.63) is 82.9 Å². The van der Waals surface area contributed by atoms with Crippen LogP contribution < -0.4 is 0 Å². The Balaban J connectivity index is 1.49. The lowest BCUT2D eigenvalue weighted by molar-refractivity contribution is -0.155. The molecule has 0 aliphatic carbocycles. The molecule has 2 heterocycles. The highest BCUT2D eigenvalue weighted by atomic mass is 19.1. The Morgan fingerprint density at radius 2 is 1.73 bits per heavy atom. The SMILES string of the molecule is O=C(C1=C[C@H](c2ccc(F)cc2)C[C@H](OCc2ccc(CO)cc2)O1)N1CCCC1. The highest BCUT2D eigenvalue weighted by molar-refractivity contribution is 5.92. The van der Waals surface area contributed by atoms with Crippen molar-refractivity contribution in [3.63, 3.8) is 0 Å². The first-order valence-electron chi connectivity index (χ1n) is 10.4. The summed E-state index contributed by atoms with van der Waals surface area (Å²) in [4.78, 5) is 14.7. The summed E-state index contributed by atoms with van der Waals surface area (Å²) in [5.74, 6) is -0.191. The minimum atomic E-state index is -0.580. The number of hydrogen-bond donors (Lipinski definition) is 1. The van der Waals surface area contributed by atoms with Gasteiger partial charge in [-0.2, -0.15) is 0 Å². The number of aliphatic hydroxyl groups is 1. The molecule has 2 aliphatic rings. The monoisotopic (exact) mass is 411 g/mol. The summed E-state index contributed by atoms with van der Waals surface area (Å²) in [5.41, 5.74) is 2.72. The number of likely N-dealkylation sites (tertiary alicyclic amines) is 1. The number of hydrogen-bond acceptors (Lipinski definition) is 4. The first-order chi connectivity index (χ1) is 14.6. The second-order valence-corrected chi connectivity index (χ2v) is 7.76. The minimum Gasteiger partial charge on any atom is -0.459 e. The summed E-state index contributed by atoms with van der Waals surface area (Å²) in [6.45, 7) is 1.81. The molecule has 0 saturated carbocycles. The van der Waals surface area contributed by atoms with E-state index in [2.05, 4.69) is 0 Å². The Labute approximate surface area is 175 Å². The number of halogens is 1. The molecule has 2 aromatic rings. The van der Waals surface area contributed by atoms with E-state index in [9.17, 15) is 14.3 Å². The number of allylic oxidation sites excluding steroid dienone is 1. The number of ether oxygens (including phenoxy) is 2. The minimum absolute atomic E-state index is 0.00100. The van der Waals surface area contributed by atoms with Crippen LogP contribution in [0.5, 0.6) is 0 Å². The van der Waals surface area contributed by atoms with Gasteiger partial charge in [0.25, 0.3) is 5.91 Å². The van der Waals surface area contributed by atoms with Crippen LogP contribution in [0.4, 0.5) is 4.39 Å². The van der Waals surface area contributed by atoms with Gasteiger partial charge < -0.3 is 19.5 Å². The van der Waals surface area contributed by atoms with Crippen LogP contribution >= 0.6 is 0 Å². The van der Waals surface area contributed by atoms with Gasteiger partial charge in [0.15, 0.2) is 5.76 Å². The van der Waals surface area contributed by atoms with Crippen molar-refractivity contribution >= 4 is 5.91 Å². The van der Waals surface area contributed by atoms with Crippen LogP contribution in [0.3, 0.4) is 0 Å². The zero-order valence-electron chi connectivity index (χ0n) is 16.8. The topological polar surface area (TPSA) is 59.0 Å². The summed E-state index contributed by atoms with van der Waals surface area (Å²) in [7, 11) is 0. The molecule has 158 valence electrons. The van der Waals surface area contributed by atoms with E-state index in [4.69, 9.17) is 9.47 Å². The second kappa shape index (κ2) is 9.41. The molecule has 1 saturated heterocycles. The quantitative estimate of drug-likeness (QED) is 0.784. The van der Waals surface area contributed by atoms with E-state index >= 15 is 0 Å². The van der Waals surface area contributed by atoms with E-state index in [1.54, 1.807) is 12.1 Å². The summed E-state index contributed by atoms with van der Waals surface area (Å²) >= 11 is 0. The molecule has 0 bridgehead atoms. The van der Waals surface area contributed by atoms with Crippen LogP contribution in [0.1, 0.15) is 41.9 Å². The maximum absolute atomic E-state index is 13.4. The van der Waals surface area contributed by atoms with Crippen molar-refractivity contribution in [2.24, 2.45) is 0 Å². The molecule has 2 atom stereocenters. The van der Waals surface area contributed by atoms with Crippen molar-refractivity contribution in [1.29, 1.82) is 0 Å². The first kappa shape index (κ1) is 20.6. The molecular weight excluding hydrogens is 385 g/mol. The van der Waals surface area contributed by atoms with Crippen LogP contribution in [0.2, 0.25) is 0 Å². The number of rotatable bonds is 6. The lowest BCUT2D eigenvalue weighted by atomic mass is 9.93. The van der Waals surface area contributed by atoms with Gasteiger partial charge in [-0.15, -0.1) is 0 Å². The van der Waals surface area contributed by atoms with E-state index in [-0.39, 0.29) is 24.2 Å².